The van der Waals surface area contributed by atoms with E-state index in [1.54, 1.807) is 0 Å². The molecular weight excluding hydrogens is 164 g/mol. The second-order valence-corrected chi connectivity index (χ2v) is 4.33. The van der Waals surface area contributed by atoms with E-state index < -0.39 is 5.97 Å². The Bertz CT molecular complexity index is 179. The molecule has 0 aliphatic heterocycles. The summed E-state index contributed by atoms with van der Waals surface area (Å²) in [6, 6.07) is 0. The number of hydrogen-bond donors (Lipinski definition) is 1. The third kappa shape index (κ3) is 2.04. The lowest BCUT2D eigenvalue weighted by atomic mass is 9.63. The molecule has 13 heavy (non-hydrogen) atoms. The summed E-state index contributed by atoms with van der Waals surface area (Å²) >= 11 is 0. The van der Waals surface area contributed by atoms with E-state index in [1.807, 2.05) is 0 Å². The molecular formula is C11H20O2. The van der Waals surface area contributed by atoms with Crippen LogP contribution in [-0.2, 0) is 4.79 Å². The van der Waals surface area contributed by atoms with Gasteiger partial charge < -0.3 is 5.11 Å². The first-order chi connectivity index (χ1) is 6.14. The Morgan fingerprint density at radius 1 is 1.38 bits per heavy atom. The van der Waals surface area contributed by atoms with Gasteiger partial charge in [-0.3, -0.25) is 4.79 Å². The van der Waals surface area contributed by atoms with E-state index in [0.29, 0.717) is 5.92 Å². The van der Waals surface area contributed by atoms with Crippen molar-refractivity contribution in [3.8, 4) is 0 Å². The van der Waals surface area contributed by atoms with Crippen LogP contribution in [-0.4, -0.2) is 11.1 Å². The Kier molecular flexibility index (Phi) is 3.34. The minimum Gasteiger partial charge on any atom is -0.481 e. The predicted octanol–water partition coefficient (Wildman–Crippen LogP) is 3.07. The van der Waals surface area contributed by atoms with Gasteiger partial charge in [0.1, 0.15) is 0 Å². The summed E-state index contributed by atoms with van der Waals surface area (Å²) in [4.78, 5) is 11.1. The van der Waals surface area contributed by atoms with Gasteiger partial charge in [-0.2, -0.15) is 0 Å². The number of carbonyl (C=O) groups is 1. The smallest absolute Gasteiger partial charge is 0.309 e. The van der Waals surface area contributed by atoms with Crippen LogP contribution in [0.4, 0.5) is 0 Å². The van der Waals surface area contributed by atoms with E-state index in [4.69, 9.17) is 5.11 Å². The Morgan fingerprint density at radius 2 is 1.92 bits per heavy atom. The molecule has 1 aliphatic carbocycles. The van der Waals surface area contributed by atoms with Crippen LogP contribution < -0.4 is 0 Å². The van der Waals surface area contributed by atoms with Crippen LogP contribution in [0, 0.1) is 11.3 Å². The second-order valence-electron chi connectivity index (χ2n) is 4.33. The average molecular weight is 184 g/mol. The van der Waals surface area contributed by atoms with Crippen LogP contribution in [0.25, 0.3) is 0 Å². The van der Waals surface area contributed by atoms with E-state index in [9.17, 15) is 4.79 Å². The van der Waals surface area contributed by atoms with Crippen molar-refractivity contribution in [2.24, 2.45) is 11.3 Å². The molecule has 1 fully saturated rings. The molecule has 0 aromatic heterocycles. The molecule has 0 aromatic rings. The van der Waals surface area contributed by atoms with Gasteiger partial charge in [-0.05, 0) is 25.2 Å². The zero-order chi connectivity index (χ0) is 9.90. The fraction of sp³-hybridized carbons (Fsp3) is 0.909. The highest BCUT2D eigenvalue weighted by Crippen LogP contribution is 2.47. The number of carboxylic acid groups (broad SMARTS) is 1. The van der Waals surface area contributed by atoms with E-state index in [0.717, 1.165) is 38.5 Å². The van der Waals surface area contributed by atoms with E-state index >= 15 is 0 Å². The SMILES string of the molecule is CCC(CC)CC1(C(=O)O)CCC1. The van der Waals surface area contributed by atoms with Gasteiger partial charge in [-0.15, -0.1) is 0 Å². The molecule has 0 aromatic carbocycles. The highest BCUT2D eigenvalue weighted by atomic mass is 16.4. The first-order valence-corrected chi connectivity index (χ1v) is 5.38. The van der Waals surface area contributed by atoms with Gasteiger partial charge in [-0.1, -0.05) is 33.1 Å². The summed E-state index contributed by atoms with van der Waals surface area (Å²) in [7, 11) is 0. The number of carboxylic acids is 1. The van der Waals surface area contributed by atoms with Gasteiger partial charge in [0.25, 0.3) is 0 Å². The zero-order valence-electron chi connectivity index (χ0n) is 8.68. The molecule has 76 valence electrons. The molecule has 0 bridgehead atoms. The van der Waals surface area contributed by atoms with Crippen LogP contribution in [0.15, 0.2) is 0 Å². The molecule has 1 saturated carbocycles. The number of hydrogen-bond acceptors (Lipinski definition) is 1. The zero-order valence-corrected chi connectivity index (χ0v) is 8.68. The monoisotopic (exact) mass is 184 g/mol. The lowest BCUT2D eigenvalue weighted by molar-refractivity contribution is -0.156. The lowest BCUT2D eigenvalue weighted by Crippen LogP contribution is -2.39. The largest absolute Gasteiger partial charge is 0.481 e. The Hall–Kier alpha value is -0.530. The van der Waals surface area contributed by atoms with Gasteiger partial charge in [0.15, 0.2) is 0 Å². The quantitative estimate of drug-likeness (QED) is 0.713. The molecule has 0 heterocycles. The highest BCUT2D eigenvalue weighted by molar-refractivity contribution is 5.75. The van der Waals surface area contributed by atoms with Crippen molar-refractivity contribution >= 4 is 5.97 Å². The second kappa shape index (κ2) is 4.12. The first kappa shape index (κ1) is 10.6. The molecule has 2 nitrogen and oxygen atoms in total. The average Bonchev–Trinajstić information content (AvgIpc) is 2.03. The molecule has 0 spiro atoms. The summed E-state index contributed by atoms with van der Waals surface area (Å²) < 4.78 is 0. The fourth-order valence-electron chi connectivity index (χ4n) is 2.24. The van der Waals surface area contributed by atoms with Crippen molar-refractivity contribution in [2.45, 2.75) is 52.4 Å². The van der Waals surface area contributed by atoms with Crippen LogP contribution >= 0.6 is 0 Å². The van der Waals surface area contributed by atoms with Crippen molar-refractivity contribution in [1.29, 1.82) is 0 Å². The van der Waals surface area contributed by atoms with Crippen molar-refractivity contribution < 1.29 is 9.90 Å². The lowest BCUT2D eigenvalue weighted by Gasteiger charge is -2.40. The normalized spacial score (nSPS) is 19.9. The summed E-state index contributed by atoms with van der Waals surface area (Å²) in [6.45, 7) is 4.31. The standard InChI is InChI=1S/C11H20O2/c1-3-9(4-2)8-11(10(12)13)6-5-7-11/h9H,3-8H2,1-2H3,(H,12,13). The minimum atomic E-state index is -0.564. The maximum absolute atomic E-state index is 11.1. The first-order valence-electron chi connectivity index (χ1n) is 5.38. The Labute approximate surface area is 80.3 Å². The maximum Gasteiger partial charge on any atom is 0.309 e. The molecule has 0 saturated heterocycles. The summed E-state index contributed by atoms with van der Waals surface area (Å²) in [6.07, 6.45) is 6.04. The van der Waals surface area contributed by atoms with E-state index in [-0.39, 0.29) is 5.41 Å². The Balaban J connectivity index is 2.52. The van der Waals surface area contributed by atoms with Gasteiger partial charge >= 0.3 is 5.97 Å². The number of rotatable bonds is 5. The molecule has 0 unspecified atom stereocenters. The van der Waals surface area contributed by atoms with Gasteiger partial charge in [0.05, 0.1) is 5.41 Å². The van der Waals surface area contributed by atoms with Crippen molar-refractivity contribution in [1.82, 2.24) is 0 Å². The fourth-order valence-corrected chi connectivity index (χ4v) is 2.24. The molecule has 1 rings (SSSR count). The van der Waals surface area contributed by atoms with Gasteiger partial charge in [-0.25, -0.2) is 0 Å². The number of aliphatic carboxylic acids is 1. The van der Waals surface area contributed by atoms with Crippen molar-refractivity contribution in [3.63, 3.8) is 0 Å². The summed E-state index contributed by atoms with van der Waals surface area (Å²) in [5, 5.41) is 9.12. The van der Waals surface area contributed by atoms with Crippen LogP contribution in [0.1, 0.15) is 52.4 Å². The minimum absolute atomic E-state index is 0.337. The van der Waals surface area contributed by atoms with Crippen molar-refractivity contribution in [3.05, 3.63) is 0 Å². The van der Waals surface area contributed by atoms with Crippen LogP contribution in [0.3, 0.4) is 0 Å². The van der Waals surface area contributed by atoms with Gasteiger partial charge in [0, 0.05) is 0 Å². The molecule has 2 heteroatoms. The molecule has 0 radical (unpaired) electrons. The third-order valence-corrected chi connectivity index (χ3v) is 3.60. The van der Waals surface area contributed by atoms with Gasteiger partial charge in [0.2, 0.25) is 0 Å². The Morgan fingerprint density at radius 3 is 2.15 bits per heavy atom. The summed E-state index contributed by atoms with van der Waals surface area (Å²) in [5.41, 5.74) is -0.337. The molecule has 0 amide bonds. The molecule has 0 atom stereocenters. The molecule has 1 N–H and O–H groups in total. The highest BCUT2D eigenvalue weighted by Gasteiger charge is 2.44. The van der Waals surface area contributed by atoms with E-state index in [1.165, 1.54) is 0 Å². The molecule has 1 aliphatic rings. The van der Waals surface area contributed by atoms with E-state index in [2.05, 4.69) is 13.8 Å². The van der Waals surface area contributed by atoms with Crippen molar-refractivity contribution in [2.75, 3.05) is 0 Å². The third-order valence-electron chi connectivity index (χ3n) is 3.60. The summed E-state index contributed by atoms with van der Waals surface area (Å²) in [5.74, 6) is 0.0436. The topological polar surface area (TPSA) is 37.3 Å². The predicted molar refractivity (Wildman–Crippen MR) is 52.6 cm³/mol. The van der Waals surface area contributed by atoms with Crippen LogP contribution in [0.2, 0.25) is 0 Å². The maximum atomic E-state index is 11.1. The van der Waals surface area contributed by atoms with Crippen LogP contribution in [0.5, 0.6) is 0 Å².